The van der Waals surface area contributed by atoms with Gasteiger partial charge in [-0.15, -0.1) is 0 Å². The van der Waals surface area contributed by atoms with E-state index in [2.05, 4.69) is 12.1 Å². The van der Waals surface area contributed by atoms with Gasteiger partial charge in [-0.05, 0) is 40.5 Å². The molecule has 0 aliphatic carbocycles. The van der Waals surface area contributed by atoms with Crippen molar-refractivity contribution in [3.05, 3.63) is 108 Å². The molecule has 0 amide bonds. The summed E-state index contributed by atoms with van der Waals surface area (Å²) in [7, 11) is 1.66. The Morgan fingerprint density at radius 2 is 1.30 bits per heavy atom. The van der Waals surface area contributed by atoms with E-state index in [1.165, 1.54) is 0 Å². The smallest absolute Gasteiger partial charge is 0.118 e. The molecule has 0 unspecified atom stereocenters. The quantitative estimate of drug-likeness (QED) is 0.549. The van der Waals surface area contributed by atoms with Crippen molar-refractivity contribution in [2.24, 2.45) is 0 Å². The monoisotopic (exact) mass is 354 g/mol. The van der Waals surface area contributed by atoms with Crippen molar-refractivity contribution in [2.75, 3.05) is 7.11 Å². The van der Waals surface area contributed by atoms with E-state index in [9.17, 15) is 5.41 Å². The van der Waals surface area contributed by atoms with Crippen LogP contribution < -0.4 is 10.1 Å². The van der Waals surface area contributed by atoms with Crippen molar-refractivity contribution in [1.82, 2.24) is 5.41 Å². The highest BCUT2D eigenvalue weighted by Crippen LogP contribution is 2.29. The van der Waals surface area contributed by atoms with Crippen LogP contribution in [0.25, 0.3) is 5.57 Å². The lowest BCUT2D eigenvalue weighted by Gasteiger charge is -2.24. The lowest BCUT2D eigenvalue weighted by Crippen LogP contribution is -2.28. The van der Waals surface area contributed by atoms with E-state index in [-0.39, 0.29) is 0 Å². The van der Waals surface area contributed by atoms with Gasteiger partial charge in [-0.25, -0.2) is 0 Å². The van der Waals surface area contributed by atoms with Crippen LogP contribution in [0.15, 0.2) is 91.0 Å². The molecule has 0 N–H and O–H groups in total. The minimum absolute atomic E-state index is 0.323. The third-order valence-corrected chi connectivity index (χ3v) is 4.90. The van der Waals surface area contributed by atoms with Crippen LogP contribution in [0.2, 0.25) is 0 Å². The number of methoxy groups -OCH3 is 1. The molecule has 0 spiro atoms. The topological polar surface area (TPSA) is 31.5 Å². The molecule has 3 aromatic carbocycles. The number of rotatable bonds is 6. The van der Waals surface area contributed by atoms with E-state index >= 15 is 0 Å². The van der Waals surface area contributed by atoms with Crippen LogP contribution in [-0.4, -0.2) is 12.8 Å². The minimum atomic E-state index is -0.492. The van der Waals surface area contributed by atoms with Crippen LogP contribution >= 0.6 is 0 Å². The molecule has 0 aliphatic rings. The van der Waals surface area contributed by atoms with Crippen LogP contribution in [0.3, 0.4) is 0 Å². The molecule has 0 aliphatic heterocycles. The molecular formula is C25H24NO. The van der Waals surface area contributed by atoms with Crippen LogP contribution in [0, 0.1) is 0 Å². The summed E-state index contributed by atoms with van der Waals surface area (Å²) in [6, 6.07) is 28.1. The number of nitrogens with zero attached hydrogens (tertiary/aromatic N) is 1. The molecule has 0 saturated carbocycles. The van der Waals surface area contributed by atoms with Crippen LogP contribution in [0.5, 0.6) is 5.75 Å². The van der Waals surface area contributed by atoms with E-state index < -0.39 is 5.41 Å². The molecule has 0 bridgehead atoms. The standard InChI is InChI=1S/C25H24NO/c1-25(2,21-12-8-5-9-13-21)24(26)18-23(19-10-6-4-7-11-19)20-14-16-22(27-3)17-15-20/h4-18H,1-3H3/b23-18-. The highest BCUT2D eigenvalue weighted by atomic mass is 16.5. The van der Waals surface area contributed by atoms with Gasteiger partial charge in [0.25, 0.3) is 0 Å². The van der Waals surface area contributed by atoms with Gasteiger partial charge < -0.3 is 4.74 Å². The van der Waals surface area contributed by atoms with Crippen molar-refractivity contribution >= 4 is 11.3 Å². The molecular weight excluding hydrogens is 330 g/mol. The molecule has 0 aromatic heterocycles. The van der Waals surface area contributed by atoms with Gasteiger partial charge in [-0.1, -0.05) is 86.6 Å². The average molecular weight is 354 g/mol. The molecule has 3 aromatic rings. The Bertz CT molecular complexity index is 923. The Labute approximate surface area is 161 Å². The number of allylic oxidation sites excluding steroid dienone is 1. The molecule has 0 fully saturated rings. The molecule has 0 heterocycles. The molecule has 1 radical (unpaired) electrons. The molecule has 3 rings (SSSR count). The van der Waals surface area contributed by atoms with Crippen molar-refractivity contribution in [3.63, 3.8) is 0 Å². The van der Waals surface area contributed by atoms with Gasteiger partial charge in [0.15, 0.2) is 0 Å². The highest BCUT2D eigenvalue weighted by molar-refractivity contribution is 6.08. The van der Waals surface area contributed by atoms with Crippen molar-refractivity contribution in [3.8, 4) is 5.75 Å². The van der Waals surface area contributed by atoms with E-state index in [1.807, 2.05) is 92.7 Å². The summed E-state index contributed by atoms with van der Waals surface area (Å²) in [6.07, 6.45) is 1.88. The third kappa shape index (κ3) is 4.17. The summed E-state index contributed by atoms with van der Waals surface area (Å²) in [6.45, 7) is 4.07. The van der Waals surface area contributed by atoms with E-state index in [0.29, 0.717) is 5.71 Å². The largest absolute Gasteiger partial charge is 0.497 e. The molecule has 0 atom stereocenters. The summed E-state index contributed by atoms with van der Waals surface area (Å²) in [4.78, 5) is 0. The van der Waals surface area contributed by atoms with Crippen molar-refractivity contribution in [2.45, 2.75) is 19.3 Å². The number of hydrogen-bond acceptors (Lipinski definition) is 1. The van der Waals surface area contributed by atoms with Crippen molar-refractivity contribution in [1.29, 1.82) is 0 Å². The Hall–Kier alpha value is -3.13. The first-order valence-corrected chi connectivity index (χ1v) is 9.06. The first kappa shape index (κ1) is 18.7. The predicted octanol–water partition coefficient (Wildman–Crippen LogP) is 5.35. The SMILES string of the molecule is COc1ccc(/C(=C\C(=[N])C(C)(C)c2ccccc2)c2ccccc2)cc1. The van der Waals surface area contributed by atoms with Gasteiger partial charge in [-0.2, -0.15) is 5.41 Å². The molecule has 27 heavy (non-hydrogen) atoms. The zero-order valence-corrected chi connectivity index (χ0v) is 16.0. The van der Waals surface area contributed by atoms with E-state index in [0.717, 1.165) is 28.0 Å². The minimum Gasteiger partial charge on any atom is -0.497 e. The molecule has 2 heteroatoms. The first-order chi connectivity index (χ1) is 13.0. The summed E-state index contributed by atoms with van der Waals surface area (Å²) in [5.74, 6) is 0.809. The molecule has 0 saturated heterocycles. The Kier molecular flexibility index (Phi) is 5.56. The summed E-state index contributed by atoms with van der Waals surface area (Å²) in [5, 5.41) is 11.0. The van der Waals surface area contributed by atoms with Crippen LogP contribution in [0.1, 0.15) is 30.5 Å². The van der Waals surface area contributed by atoms with Gasteiger partial charge in [0.1, 0.15) is 5.75 Å². The average Bonchev–Trinajstić information content (AvgIpc) is 2.73. The fourth-order valence-corrected chi connectivity index (χ4v) is 3.04. The number of ether oxygens (including phenoxy) is 1. The van der Waals surface area contributed by atoms with Gasteiger partial charge in [0.05, 0.1) is 12.8 Å². The lowest BCUT2D eigenvalue weighted by atomic mass is 9.78. The predicted molar refractivity (Wildman–Crippen MR) is 113 cm³/mol. The van der Waals surface area contributed by atoms with Crippen LogP contribution in [0.4, 0.5) is 0 Å². The second-order valence-electron chi connectivity index (χ2n) is 7.03. The van der Waals surface area contributed by atoms with Gasteiger partial charge >= 0.3 is 0 Å². The summed E-state index contributed by atoms with van der Waals surface area (Å²) in [5.41, 5.74) is 3.95. The number of hydrogen-bond donors (Lipinski definition) is 0. The lowest BCUT2D eigenvalue weighted by molar-refractivity contribution is 0.415. The highest BCUT2D eigenvalue weighted by Gasteiger charge is 2.26. The second-order valence-corrected chi connectivity index (χ2v) is 7.03. The maximum absolute atomic E-state index is 11.0. The van der Waals surface area contributed by atoms with E-state index in [4.69, 9.17) is 4.74 Å². The maximum atomic E-state index is 11.0. The fraction of sp³-hybridized carbons (Fsp3) is 0.160. The van der Waals surface area contributed by atoms with Crippen molar-refractivity contribution < 1.29 is 4.74 Å². The molecule has 135 valence electrons. The van der Waals surface area contributed by atoms with Crippen LogP contribution in [-0.2, 0) is 5.41 Å². The molecule has 2 nitrogen and oxygen atoms in total. The summed E-state index contributed by atoms with van der Waals surface area (Å²) >= 11 is 0. The normalized spacial score (nSPS) is 11.9. The van der Waals surface area contributed by atoms with E-state index in [1.54, 1.807) is 7.11 Å². The maximum Gasteiger partial charge on any atom is 0.118 e. The Morgan fingerprint density at radius 3 is 1.85 bits per heavy atom. The Balaban J connectivity index is 2.05. The zero-order valence-electron chi connectivity index (χ0n) is 16.0. The fourth-order valence-electron chi connectivity index (χ4n) is 3.04. The van der Waals surface area contributed by atoms with Gasteiger partial charge in [0.2, 0.25) is 0 Å². The zero-order chi connectivity index (χ0) is 19.3. The second kappa shape index (κ2) is 8.05. The summed E-state index contributed by atoms with van der Waals surface area (Å²) < 4.78 is 5.27. The number of benzene rings is 3. The van der Waals surface area contributed by atoms with Gasteiger partial charge in [-0.3, -0.25) is 0 Å². The van der Waals surface area contributed by atoms with Gasteiger partial charge in [0, 0.05) is 5.41 Å². The Morgan fingerprint density at radius 1 is 0.778 bits per heavy atom. The first-order valence-electron chi connectivity index (χ1n) is 9.06. The third-order valence-electron chi connectivity index (χ3n) is 4.90.